The molecular formula is C17H28N2O2. The van der Waals surface area contributed by atoms with Gasteiger partial charge in [-0.05, 0) is 43.9 Å². The number of aromatic nitrogens is 1. The molecule has 0 saturated carbocycles. The van der Waals surface area contributed by atoms with Crippen molar-refractivity contribution >= 4 is 0 Å². The molecule has 4 nitrogen and oxygen atoms in total. The van der Waals surface area contributed by atoms with Crippen LogP contribution in [-0.2, 0) is 15.9 Å². The van der Waals surface area contributed by atoms with Gasteiger partial charge in [0.05, 0.1) is 13.2 Å². The average molecular weight is 292 g/mol. The van der Waals surface area contributed by atoms with Crippen LogP contribution in [0.1, 0.15) is 43.4 Å². The molecule has 21 heavy (non-hydrogen) atoms. The van der Waals surface area contributed by atoms with E-state index in [-0.39, 0.29) is 0 Å². The molecule has 0 aromatic carbocycles. The Bertz CT molecular complexity index is 412. The van der Waals surface area contributed by atoms with E-state index in [1.165, 1.54) is 30.5 Å². The van der Waals surface area contributed by atoms with Gasteiger partial charge in [-0.2, -0.15) is 0 Å². The number of methoxy groups -OCH3 is 1. The van der Waals surface area contributed by atoms with Gasteiger partial charge in [-0.1, -0.05) is 13.0 Å². The molecule has 1 heterocycles. The monoisotopic (exact) mass is 292 g/mol. The van der Waals surface area contributed by atoms with E-state index in [0.717, 1.165) is 19.6 Å². The molecular weight excluding hydrogens is 264 g/mol. The van der Waals surface area contributed by atoms with Crippen LogP contribution in [0.25, 0.3) is 0 Å². The minimum absolute atomic E-state index is 0.450. The molecule has 1 aliphatic carbocycles. The first-order chi connectivity index (χ1) is 10.4. The zero-order valence-electron chi connectivity index (χ0n) is 13.3. The van der Waals surface area contributed by atoms with E-state index in [9.17, 15) is 0 Å². The summed E-state index contributed by atoms with van der Waals surface area (Å²) >= 11 is 0. The molecule has 0 aliphatic heterocycles. The summed E-state index contributed by atoms with van der Waals surface area (Å²) in [4.78, 5) is 4.66. The maximum absolute atomic E-state index is 5.64. The lowest BCUT2D eigenvalue weighted by atomic mass is 9.81. The van der Waals surface area contributed by atoms with Crippen LogP contribution in [0.15, 0.2) is 18.3 Å². The van der Waals surface area contributed by atoms with Crippen molar-refractivity contribution in [2.24, 2.45) is 0 Å². The van der Waals surface area contributed by atoms with Gasteiger partial charge in [0.15, 0.2) is 0 Å². The summed E-state index contributed by atoms with van der Waals surface area (Å²) < 4.78 is 10.7. The van der Waals surface area contributed by atoms with Crippen molar-refractivity contribution in [2.45, 2.75) is 44.6 Å². The molecule has 2 unspecified atom stereocenters. The molecule has 2 atom stereocenters. The molecule has 1 aromatic heterocycles. The van der Waals surface area contributed by atoms with Crippen LogP contribution in [0.5, 0.6) is 0 Å². The maximum atomic E-state index is 5.64. The fourth-order valence-electron chi connectivity index (χ4n) is 3.20. The number of likely N-dealkylation sites (N-methyl/N-ethyl adjacent to an activating group) is 1. The quantitative estimate of drug-likeness (QED) is 0.710. The van der Waals surface area contributed by atoms with Crippen LogP contribution >= 0.6 is 0 Å². The molecule has 0 saturated heterocycles. The second-order valence-corrected chi connectivity index (χ2v) is 5.60. The van der Waals surface area contributed by atoms with Gasteiger partial charge < -0.3 is 14.8 Å². The minimum atomic E-state index is 0.450. The highest BCUT2D eigenvalue weighted by molar-refractivity contribution is 5.27. The van der Waals surface area contributed by atoms with Crippen LogP contribution in [0.2, 0.25) is 0 Å². The number of nitrogens with one attached hydrogen (secondary N) is 1. The highest BCUT2D eigenvalue weighted by Gasteiger charge is 2.28. The van der Waals surface area contributed by atoms with Crippen molar-refractivity contribution in [3.8, 4) is 0 Å². The third-order valence-electron chi connectivity index (χ3n) is 4.20. The molecule has 1 N–H and O–H groups in total. The lowest BCUT2D eigenvalue weighted by Gasteiger charge is -2.32. The van der Waals surface area contributed by atoms with Gasteiger partial charge in [0.1, 0.15) is 0 Å². The Labute approximate surface area is 128 Å². The summed E-state index contributed by atoms with van der Waals surface area (Å²) in [5, 5.41) is 3.63. The number of rotatable bonds is 9. The van der Waals surface area contributed by atoms with E-state index in [1.807, 2.05) is 6.20 Å². The van der Waals surface area contributed by atoms with Gasteiger partial charge >= 0.3 is 0 Å². The molecule has 118 valence electrons. The predicted molar refractivity (Wildman–Crippen MR) is 84.7 cm³/mol. The number of aryl methyl sites for hydroxylation is 1. The SMILES string of the molecule is CCNC(CCOCCOC)C1CCCc2cccnc21. The maximum Gasteiger partial charge on any atom is 0.0700 e. The minimum Gasteiger partial charge on any atom is -0.382 e. The van der Waals surface area contributed by atoms with Crippen molar-refractivity contribution in [1.29, 1.82) is 0 Å². The summed E-state index contributed by atoms with van der Waals surface area (Å²) in [7, 11) is 1.70. The van der Waals surface area contributed by atoms with Gasteiger partial charge in [0.2, 0.25) is 0 Å². The van der Waals surface area contributed by atoms with Crippen molar-refractivity contribution in [1.82, 2.24) is 10.3 Å². The lowest BCUT2D eigenvalue weighted by molar-refractivity contribution is 0.0642. The Morgan fingerprint density at radius 1 is 1.38 bits per heavy atom. The number of ether oxygens (including phenoxy) is 2. The highest BCUT2D eigenvalue weighted by Crippen LogP contribution is 2.33. The van der Waals surface area contributed by atoms with E-state index in [0.29, 0.717) is 25.2 Å². The number of hydrogen-bond donors (Lipinski definition) is 1. The second-order valence-electron chi connectivity index (χ2n) is 5.60. The van der Waals surface area contributed by atoms with E-state index < -0.39 is 0 Å². The molecule has 0 bridgehead atoms. The largest absolute Gasteiger partial charge is 0.382 e. The zero-order chi connectivity index (χ0) is 14.9. The Balaban J connectivity index is 1.95. The fourth-order valence-corrected chi connectivity index (χ4v) is 3.20. The molecule has 0 amide bonds. The first kappa shape index (κ1) is 16.4. The zero-order valence-corrected chi connectivity index (χ0v) is 13.3. The van der Waals surface area contributed by atoms with Crippen LogP contribution in [0, 0.1) is 0 Å². The third kappa shape index (κ3) is 4.77. The lowest BCUT2D eigenvalue weighted by Crippen LogP contribution is -2.38. The van der Waals surface area contributed by atoms with Gasteiger partial charge in [-0.25, -0.2) is 0 Å². The molecule has 0 fully saturated rings. The fraction of sp³-hybridized carbons (Fsp3) is 0.706. The average Bonchev–Trinajstić information content (AvgIpc) is 2.53. The van der Waals surface area contributed by atoms with Gasteiger partial charge in [0.25, 0.3) is 0 Å². The molecule has 4 heteroatoms. The van der Waals surface area contributed by atoms with Crippen LogP contribution < -0.4 is 5.32 Å². The Morgan fingerprint density at radius 2 is 2.29 bits per heavy atom. The first-order valence-corrected chi connectivity index (χ1v) is 8.10. The summed E-state index contributed by atoms with van der Waals surface area (Å²) in [5.74, 6) is 0.515. The van der Waals surface area contributed by atoms with Crippen LogP contribution in [0.4, 0.5) is 0 Å². The Kier molecular flexibility index (Phi) is 7.13. The predicted octanol–water partition coefficient (Wildman–Crippen LogP) is 2.53. The molecule has 0 radical (unpaired) electrons. The standard InChI is InChI=1S/C17H28N2O2/c1-3-18-16(9-11-21-13-12-20-2)15-8-4-6-14-7-5-10-19-17(14)15/h5,7,10,15-16,18H,3-4,6,8-9,11-13H2,1-2H3. The molecule has 0 spiro atoms. The second kappa shape index (κ2) is 9.13. The highest BCUT2D eigenvalue weighted by atomic mass is 16.5. The van der Waals surface area contributed by atoms with E-state index in [4.69, 9.17) is 9.47 Å². The number of pyridine rings is 1. The van der Waals surface area contributed by atoms with Crippen molar-refractivity contribution in [3.05, 3.63) is 29.6 Å². The van der Waals surface area contributed by atoms with Gasteiger partial charge in [-0.15, -0.1) is 0 Å². The summed E-state index contributed by atoms with van der Waals surface area (Å²) in [5.41, 5.74) is 2.73. The van der Waals surface area contributed by atoms with Crippen molar-refractivity contribution < 1.29 is 9.47 Å². The number of fused-ring (bicyclic) bond motifs is 1. The summed E-state index contributed by atoms with van der Waals surface area (Å²) in [6.45, 7) is 5.27. The molecule has 1 aromatic rings. The van der Waals surface area contributed by atoms with Crippen LogP contribution in [0.3, 0.4) is 0 Å². The summed E-state index contributed by atoms with van der Waals surface area (Å²) in [6, 6.07) is 4.73. The smallest absolute Gasteiger partial charge is 0.0700 e. The van der Waals surface area contributed by atoms with Gasteiger partial charge in [0, 0.05) is 37.6 Å². The van der Waals surface area contributed by atoms with Crippen molar-refractivity contribution in [3.63, 3.8) is 0 Å². The van der Waals surface area contributed by atoms with Crippen molar-refractivity contribution in [2.75, 3.05) is 33.5 Å². The third-order valence-corrected chi connectivity index (χ3v) is 4.20. The molecule has 2 rings (SSSR count). The molecule has 1 aliphatic rings. The van der Waals surface area contributed by atoms with E-state index in [2.05, 4.69) is 29.4 Å². The first-order valence-electron chi connectivity index (χ1n) is 8.10. The Morgan fingerprint density at radius 3 is 3.10 bits per heavy atom. The normalized spacial score (nSPS) is 19.2. The summed E-state index contributed by atoms with van der Waals surface area (Å²) in [6.07, 6.45) is 6.60. The van der Waals surface area contributed by atoms with E-state index in [1.54, 1.807) is 7.11 Å². The topological polar surface area (TPSA) is 43.4 Å². The van der Waals surface area contributed by atoms with E-state index >= 15 is 0 Å². The number of nitrogens with zero attached hydrogens (tertiary/aromatic N) is 1. The van der Waals surface area contributed by atoms with Crippen LogP contribution in [-0.4, -0.2) is 44.5 Å². The number of hydrogen-bond acceptors (Lipinski definition) is 4. The van der Waals surface area contributed by atoms with Gasteiger partial charge in [-0.3, -0.25) is 4.98 Å². The Hall–Kier alpha value is -0.970.